The first kappa shape index (κ1) is 18.5. The number of hydrogen-bond acceptors (Lipinski definition) is 2. The van der Waals surface area contributed by atoms with Crippen molar-refractivity contribution in [2.45, 2.75) is 56.0 Å². The number of ketones is 1. The summed E-state index contributed by atoms with van der Waals surface area (Å²) in [5.41, 5.74) is 0.524. The number of carbonyl (C=O) groups is 1. The number of Topliss-reactive ketones (excluding diaryl/α,β-unsaturated/α-hetero) is 1. The van der Waals surface area contributed by atoms with Crippen LogP contribution in [0.15, 0.2) is 36.5 Å². The molecule has 2 aliphatic carbocycles. The third-order valence-corrected chi connectivity index (χ3v) is 5.92. The Balaban J connectivity index is 1.50. The number of halogens is 4. The van der Waals surface area contributed by atoms with Crippen molar-refractivity contribution in [3.05, 3.63) is 63.9 Å². The summed E-state index contributed by atoms with van der Waals surface area (Å²) >= 11 is 6.45. The van der Waals surface area contributed by atoms with E-state index in [1.807, 2.05) is 12.3 Å². The van der Waals surface area contributed by atoms with Gasteiger partial charge < -0.3 is 0 Å². The molecule has 0 saturated heterocycles. The average molecular weight is 394 g/mol. The fourth-order valence-electron chi connectivity index (χ4n) is 3.70. The van der Waals surface area contributed by atoms with Gasteiger partial charge in [0.25, 0.3) is 0 Å². The van der Waals surface area contributed by atoms with Crippen LogP contribution in [0, 0.1) is 0 Å². The minimum atomic E-state index is -4.53. The predicted octanol–water partition coefficient (Wildman–Crippen LogP) is 6.33. The first-order valence-corrected chi connectivity index (χ1v) is 9.53. The van der Waals surface area contributed by atoms with E-state index in [2.05, 4.69) is 4.98 Å². The van der Waals surface area contributed by atoms with Crippen LogP contribution in [0.4, 0.5) is 13.2 Å². The fourth-order valence-corrected chi connectivity index (χ4v) is 4.08. The molecule has 0 amide bonds. The summed E-state index contributed by atoms with van der Waals surface area (Å²) in [4.78, 5) is 17.1. The topological polar surface area (TPSA) is 30.0 Å². The molecule has 1 aromatic heterocycles. The number of hydrogen-bond donors (Lipinski definition) is 0. The highest BCUT2D eigenvalue weighted by Gasteiger charge is 2.47. The maximum atomic E-state index is 13.1. The molecule has 0 bridgehead atoms. The average Bonchev–Trinajstić information content (AvgIpc) is 3.53. The van der Waals surface area contributed by atoms with Gasteiger partial charge >= 0.3 is 6.18 Å². The Hall–Kier alpha value is -1.88. The molecule has 2 fully saturated rings. The summed E-state index contributed by atoms with van der Waals surface area (Å²) in [6, 6.07) is 6.93. The van der Waals surface area contributed by atoms with Crippen LogP contribution in [0.5, 0.6) is 0 Å². The van der Waals surface area contributed by atoms with Crippen molar-refractivity contribution < 1.29 is 18.0 Å². The lowest BCUT2D eigenvalue weighted by atomic mass is 9.91. The molecule has 142 valence electrons. The van der Waals surface area contributed by atoms with Crippen LogP contribution in [0.2, 0.25) is 5.02 Å². The van der Waals surface area contributed by atoms with E-state index in [-0.39, 0.29) is 17.4 Å². The van der Waals surface area contributed by atoms with Gasteiger partial charge in [-0.1, -0.05) is 29.8 Å². The molecule has 0 spiro atoms. The molecule has 6 heteroatoms. The van der Waals surface area contributed by atoms with Crippen molar-refractivity contribution in [1.29, 1.82) is 0 Å². The van der Waals surface area contributed by atoms with Gasteiger partial charge in [0.1, 0.15) is 0 Å². The molecule has 27 heavy (non-hydrogen) atoms. The lowest BCUT2D eigenvalue weighted by molar-refractivity contribution is -0.137. The summed E-state index contributed by atoms with van der Waals surface area (Å²) in [5, 5.41) is 0.611. The Morgan fingerprint density at radius 1 is 1.22 bits per heavy atom. The van der Waals surface area contributed by atoms with Crippen LogP contribution in [-0.4, -0.2) is 10.8 Å². The van der Waals surface area contributed by atoms with Crippen LogP contribution >= 0.6 is 11.6 Å². The molecule has 0 atom stereocenters. The molecule has 2 saturated carbocycles. The third kappa shape index (κ3) is 3.75. The molecule has 0 radical (unpaired) electrons. The first-order chi connectivity index (χ1) is 12.8. The van der Waals surface area contributed by atoms with E-state index in [4.69, 9.17) is 11.6 Å². The summed E-state index contributed by atoms with van der Waals surface area (Å²) in [6.45, 7) is 0. The van der Waals surface area contributed by atoms with Gasteiger partial charge in [-0.25, -0.2) is 0 Å². The second kappa shape index (κ2) is 6.62. The molecule has 0 aliphatic heterocycles. The highest BCUT2D eigenvalue weighted by molar-refractivity contribution is 6.31. The van der Waals surface area contributed by atoms with Gasteiger partial charge in [0.15, 0.2) is 5.78 Å². The zero-order valence-electron chi connectivity index (χ0n) is 14.7. The van der Waals surface area contributed by atoms with E-state index >= 15 is 0 Å². The highest BCUT2D eigenvalue weighted by Crippen LogP contribution is 2.54. The van der Waals surface area contributed by atoms with Gasteiger partial charge in [0, 0.05) is 23.6 Å². The highest BCUT2D eigenvalue weighted by atomic mass is 35.5. The summed E-state index contributed by atoms with van der Waals surface area (Å²) in [7, 11) is 0. The van der Waals surface area contributed by atoms with Crippen molar-refractivity contribution in [2.24, 2.45) is 0 Å². The first-order valence-electron chi connectivity index (χ1n) is 9.15. The smallest absolute Gasteiger partial charge is 0.294 e. The normalized spacial score (nSPS) is 18.4. The Kier molecular flexibility index (Phi) is 4.53. The minimum Gasteiger partial charge on any atom is -0.294 e. The Bertz CT molecular complexity index is 885. The number of alkyl halides is 3. The van der Waals surface area contributed by atoms with E-state index in [0.29, 0.717) is 17.4 Å². The second-order valence-electron chi connectivity index (χ2n) is 7.62. The second-order valence-corrected chi connectivity index (χ2v) is 8.03. The third-order valence-electron chi connectivity index (χ3n) is 5.63. The zero-order valence-corrected chi connectivity index (χ0v) is 15.4. The largest absolute Gasteiger partial charge is 0.417 e. The molecular weight excluding hydrogens is 375 g/mol. The SMILES string of the molecule is O=C(CCC1(c2ncc(C3CC3)cc2Cl)CC1)c1ccccc1C(F)(F)F. The van der Waals surface area contributed by atoms with Crippen LogP contribution in [0.3, 0.4) is 0 Å². The standard InChI is InChI=1S/C21H19ClF3NO/c22-17-11-14(13-5-6-13)12-26-19(17)20(9-10-20)8-7-18(27)15-3-1-2-4-16(15)21(23,24)25/h1-4,11-13H,5-10H2. The van der Waals surface area contributed by atoms with Gasteiger partial charge in [0.05, 0.1) is 16.3 Å². The number of aromatic nitrogens is 1. The minimum absolute atomic E-state index is 0.0511. The van der Waals surface area contributed by atoms with Gasteiger partial charge in [-0.15, -0.1) is 0 Å². The monoisotopic (exact) mass is 393 g/mol. The van der Waals surface area contributed by atoms with Crippen LogP contribution < -0.4 is 0 Å². The molecule has 0 N–H and O–H groups in total. The maximum Gasteiger partial charge on any atom is 0.417 e. The quantitative estimate of drug-likeness (QED) is 0.537. The summed E-state index contributed by atoms with van der Waals surface area (Å²) < 4.78 is 39.4. The van der Waals surface area contributed by atoms with E-state index in [0.717, 1.165) is 43.0 Å². The van der Waals surface area contributed by atoms with Crippen molar-refractivity contribution >= 4 is 17.4 Å². The van der Waals surface area contributed by atoms with Crippen LogP contribution in [-0.2, 0) is 11.6 Å². The van der Waals surface area contributed by atoms with Gasteiger partial charge in [-0.2, -0.15) is 13.2 Å². The van der Waals surface area contributed by atoms with Crippen LogP contribution in [0.1, 0.15) is 71.6 Å². The zero-order chi connectivity index (χ0) is 19.2. The fraction of sp³-hybridized carbons (Fsp3) is 0.429. The van der Waals surface area contributed by atoms with Gasteiger partial charge in [-0.3, -0.25) is 9.78 Å². The van der Waals surface area contributed by atoms with Crippen molar-refractivity contribution in [3.8, 4) is 0 Å². The molecule has 2 aromatic rings. The summed E-state index contributed by atoms with van der Waals surface area (Å²) in [5.74, 6) is 0.0691. The molecule has 2 aliphatic rings. The molecule has 4 rings (SSSR count). The molecule has 1 heterocycles. The lowest BCUT2D eigenvalue weighted by Gasteiger charge is -2.17. The Labute approximate surface area is 160 Å². The molecular formula is C21H19ClF3NO. The van der Waals surface area contributed by atoms with Crippen molar-refractivity contribution in [2.75, 3.05) is 0 Å². The number of benzene rings is 1. The van der Waals surface area contributed by atoms with Crippen LogP contribution in [0.25, 0.3) is 0 Å². The van der Waals surface area contributed by atoms with E-state index < -0.39 is 17.5 Å². The Morgan fingerprint density at radius 2 is 1.93 bits per heavy atom. The maximum absolute atomic E-state index is 13.1. The number of rotatable bonds is 6. The van der Waals surface area contributed by atoms with E-state index in [1.54, 1.807) is 0 Å². The Morgan fingerprint density at radius 3 is 2.52 bits per heavy atom. The van der Waals surface area contributed by atoms with Gasteiger partial charge in [0.2, 0.25) is 0 Å². The molecule has 1 aromatic carbocycles. The van der Waals surface area contributed by atoms with Gasteiger partial charge in [-0.05, 0) is 55.7 Å². The number of nitrogens with zero attached hydrogens (tertiary/aromatic N) is 1. The molecule has 0 unspecified atom stereocenters. The lowest BCUT2D eigenvalue weighted by Crippen LogP contribution is -2.16. The van der Waals surface area contributed by atoms with Crippen molar-refractivity contribution in [1.82, 2.24) is 4.98 Å². The van der Waals surface area contributed by atoms with Crippen molar-refractivity contribution in [3.63, 3.8) is 0 Å². The number of pyridine rings is 1. The predicted molar refractivity (Wildman–Crippen MR) is 97.1 cm³/mol. The number of carbonyl (C=O) groups excluding carboxylic acids is 1. The molecule has 2 nitrogen and oxygen atoms in total. The van der Waals surface area contributed by atoms with E-state index in [1.165, 1.54) is 18.2 Å². The summed E-state index contributed by atoms with van der Waals surface area (Å²) in [6.07, 6.45) is 1.88. The van der Waals surface area contributed by atoms with E-state index in [9.17, 15) is 18.0 Å².